The van der Waals surface area contributed by atoms with Gasteiger partial charge < -0.3 is 10.3 Å². The average molecular weight is 257 g/mol. The molecule has 0 radical (unpaired) electrons. The summed E-state index contributed by atoms with van der Waals surface area (Å²) in [5.41, 5.74) is 6.96. The predicted octanol–water partition coefficient (Wildman–Crippen LogP) is 2.35. The van der Waals surface area contributed by atoms with Crippen molar-refractivity contribution < 1.29 is 17.7 Å². The molecule has 0 aliphatic rings. The van der Waals surface area contributed by atoms with Crippen LogP contribution in [0.25, 0.3) is 0 Å². The van der Waals surface area contributed by atoms with Crippen molar-refractivity contribution >= 4 is 5.69 Å². The lowest BCUT2D eigenvalue weighted by molar-refractivity contribution is -0.128. The molecule has 0 saturated heterocycles. The Kier molecular flexibility index (Phi) is 3.22. The molecule has 2 aromatic rings. The molecule has 0 aliphatic carbocycles. The second-order valence-corrected chi connectivity index (χ2v) is 3.82. The highest BCUT2D eigenvalue weighted by molar-refractivity contribution is 5.41. The van der Waals surface area contributed by atoms with Crippen molar-refractivity contribution in [3.05, 3.63) is 41.5 Å². The van der Waals surface area contributed by atoms with Crippen molar-refractivity contribution in [1.82, 2.24) is 10.1 Å². The van der Waals surface area contributed by atoms with Gasteiger partial charge in [-0.3, -0.25) is 0 Å². The first-order valence-electron chi connectivity index (χ1n) is 5.15. The van der Waals surface area contributed by atoms with E-state index in [9.17, 15) is 13.2 Å². The molecule has 1 aromatic heterocycles. The molecule has 7 heteroatoms. The van der Waals surface area contributed by atoms with Gasteiger partial charge in [-0.05, 0) is 17.7 Å². The van der Waals surface area contributed by atoms with Crippen molar-refractivity contribution in [3.63, 3.8) is 0 Å². The van der Waals surface area contributed by atoms with Gasteiger partial charge in [-0.25, -0.2) is 0 Å². The third kappa shape index (κ3) is 3.47. The molecular formula is C11H10F3N3O. The van der Waals surface area contributed by atoms with Gasteiger partial charge in [-0.2, -0.15) is 18.2 Å². The minimum Gasteiger partial charge on any atom is -0.399 e. The van der Waals surface area contributed by atoms with Gasteiger partial charge in [0.05, 0.1) is 6.42 Å². The Morgan fingerprint density at radius 3 is 2.72 bits per heavy atom. The standard InChI is InChI=1S/C11H10F3N3O/c12-11(13,14)6-9-16-10(18-17-9)5-7-2-1-3-8(15)4-7/h1-4H,5-6,15H2. The lowest BCUT2D eigenvalue weighted by Crippen LogP contribution is -2.12. The summed E-state index contributed by atoms with van der Waals surface area (Å²) in [6.45, 7) is 0. The van der Waals surface area contributed by atoms with Crippen LogP contribution in [0.2, 0.25) is 0 Å². The largest absolute Gasteiger partial charge is 0.399 e. The predicted molar refractivity (Wildman–Crippen MR) is 57.7 cm³/mol. The minimum atomic E-state index is -4.34. The Morgan fingerprint density at radius 2 is 2.06 bits per heavy atom. The van der Waals surface area contributed by atoms with E-state index in [0.717, 1.165) is 5.56 Å². The van der Waals surface area contributed by atoms with Crippen molar-refractivity contribution in [2.45, 2.75) is 19.0 Å². The number of nitrogen functional groups attached to an aromatic ring is 1. The first-order chi connectivity index (χ1) is 8.42. The smallest absolute Gasteiger partial charge is 0.396 e. The van der Waals surface area contributed by atoms with Gasteiger partial charge >= 0.3 is 6.18 Å². The van der Waals surface area contributed by atoms with Gasteiger partial charge in [0.2, 0.25) is 5.89 Å². The molecule has 1 aromatic carbocycles. The fourth-order valence-corrected chi connectivity index (χ4v) is 1.49. The van der Waals surface area contributed by atoms with Crippen LogP contribution in [0.1, 0.15) is 17.3 Å². The van der Waals surface area contributed by atoms with Gasteiger partial charge in [0.15, 0.2) is 5.82 Å². The van der Waals surface area contributed by atoms with Crippen LogP contribution < -0.4 is 5.73 Å². The van der Waals surface area contributed by atoms with Gasteiger partial charge in [-0.15, -0.1) is 0 Å². The van der Waals surface area contributed by atoms with Crippen molar-refractivity contribution in [2.75, 3.05) is 5.73 Å². The van der Waals surface area contributed by atoms with Gasteiger partial charge in [0.25, 0.3) is 0 Å². The summed E-state index contributed by atoms with van der Waals surface area (Å²) in [7, 11) is 0. The minimum absolute atomic E-state index is 0.139. The summed E-state index contributed by atoms with van der Waals surface area (Å²) in [4.78, 5) is 3.68. The summed E-state index contributed by atoms with van der Waals surface area (Å²) in [5.74, 6) is -0.221. The molecule has 1 heterocycles. The molecule has 4 nitrogen and oxygen atoms in total. The average Bonchev–Trinajstić information content (AvgIpc) is 2.62. The molecule has 0 atom stereocenters. The zero-order chi connectivity index (χ0) is 13.2. The Labute approximate surface area is 101 Å². The third-order valence-electron chi connectivity index (χ3n) is 2.18. The number of hydrogen-bond donors (Lipinski definition) is 1. The van der Waals surface area contributed by atoms with Crippen LogP contribution in [0.5, 0.6) is 0 Å². The van der Waals surface area contributed by atoms with E-state index in [1.807, 2.05) is 0 Å². The highest BCUT2D eigenvalue weighted by Gasteiger charge is 2.30. The number of alkyl halides is 3. The Balaban J connectivity index is 2.07. The van der Waals surface area contributed by atoms with Crippen LogP contribution in [0, 0.1) is 0 Å². The van der Waals surface area contributed by atoms with Crippen LogP contribution in [0.15, 0.2) is 28.8 Å². The van der Waals surface area contributed by atoms with Crippen LogP contribution in [-0.2, 0) is 12.8 Å². The Hall–Kier alpha value is -2.05. The summed E-state index contributed by atoms with van der Waals surface area (Å²) in [5, 5.41) is 3.28. The Morgan fingerprint density at radius 1 is 1.28 bits per heavy atom. The zero-order valence-corrected chi connectivity index (χ0v) is 9.24. The zero-order valence-electron chi connectivity index (χ0n) is 9.24. The van der Waals surface area contributed by atoms with E-state index in [2.05, 4.69) is 10.1 Å². The number of nitrogens with zero attached hydrogens (tertiary/aromatic N) is 2. The van der Waals surface area contributed by atoms with Crippen LogP contribution >= 0.6 is 0 Å². The van der Waals surface area contributed by atoms with Gasteiger partial charge in [-0.1, -0.05) is 17.3 Å². The molecule has 0 amide bonds. The third-order valence-corrected chi connectivity index (χ3v) is 2.18. The van der Waals surface area contributed by atoms with E-state index in [0.29, 0.717) is 5.69 Å². The number of anilines is 1. The van der Waals surface area contributed by atoms with E-state index >= 15 is 0 Å². The molecular weight excluding hydrogens is 247 g/mol. The van der Waals surface area contributed by atoms with E-state index in [4.69, 9.17) is 10.3 Å². The topological polar surface area (TPSA) is 64.9 Å². The van der Waals surface area contributed by atoms with Crippen LogP contribution in [0.4, 0.5) is 18.9 Å². The summed E-state index contributed by atoms with van der Waals surface area (Å²) in [6.07, 6.45) is -5.26. The fourth-order valence-electron chi connectivity index (χ4n) is 1.49. The summed E-state index contributed by atoms with van der Waals surface area (Å²) in [6, 6.07) is 6.95. The maximum absolute atomic E-state index is 12.1. The number of nitrogens with two attached hydrogens (primary N) is 1. The SMILES string of the molecule is Nc1cccc(Cc2nc(CC(F)(F)F)no2)c1. The molecule has 0 spiro atoms. The summed E-state index contributed by atoms with van der Waals surface area (Å²) >= 11 is 0. The van der Waals surface area contributed by atoms with Gasteiger partial charge in [0.1, 0.15) is 6.42 Å². The number of benzene rings is 1. The van der Waals surface area contributed by atoms with Crippen molar-refractivity contribution in [3.8, 4) is 0 Å². The van der Waals surface area contributed by atoms with E-state index in [1.54, 1.807) is 24.3 Å². The lowest BCUT2D eigenvalue weighted by Gasteiger charge is -2.00. The highest BCUT2D eigenvalue weighted by atomic mass is 19.4. The number of rotatable bonds is 3. The molecule has 18 heavy (non-hydrogen) atoms. The maximum atomic E-state index is 12.1. The lowest BCUT2D eigenvalue weighted by atomic mass is 10.1. The Bertz CT molecular complexity index is 536. The van der Waals surface area contributed by atoms with Crippen molar-refractivity contribution in [1.29, 1.82) is 0 Å². The molecule has 0 fully saturated rings. The molecule has 2 rings (SSSR count). The van der Waals surface area contributed by atoms with Crippen LogP contribution in [0.3, 0.4) is 0 Å². The van der Waals surface area contributed by atoms with Crippen molar-refractivity contribution in [2.24, 2.45) is 0 Å². The maximum Gasteiger partial charge on any atom is 0.396 e. The molecule has 0 aliphatic heterocycles. The van der Waals surface area contributed by atoms with E-state index in [1.165, 1.54) is 0 Å². The fraction of sp³-hybridized carbons (Fsp3) is 0.273. The number of aromatic nitrogens is 2. The van der Waals surface area contributed by atoms with Gasteiger partial charge in [0, 0.05) is 5.69 Å². The second-order valence-electron chi connectivity index (χ2n) is 3.82. The molecule has 0 saturated carbocycles. The van der Waals surface area contributed by atoms with E-state index in [-0.39, 0.29) is 18.1 Å². The number of hydrogen-bond acceptors (Lipinski definition) is 4. The molecule has 2 N–H and O–H groups in total. The normalized spacial score (nSPS) is 11.7. The molecule has 0 bridgehead atoms. The number of halogens is 3. The summed E-state index contributed by atoms with van der Waals surface area (Å²) < 4.78 is 41.0. The van der Waals surface area contributed by atoms with E-state index < -0.39 is 12.6 Å². The monoisotopic (exact) mass is 257 g/mol. The quantitative estimate of drug-likeness (QED) is 0.857. The highest BCUT2D eigenvalue weighted by Crippen LogP contribution is 2.20. The molecule has 0 unspecified atom stereocenters. The second kappa shape index (κ2) is 4.67. The first-order valence-corrected chi connectivity index (χ1v) is 5.15. The first kappa shape index (κ1) is 12.4. The molecule has 96 valence electrons. The van der Waals surface area contributed by atoms with Crippen LogP contribution in [-0.4, -0.2) is 16.3 Å².